The molecular formula is C20H30N10O25P6. The van der Waals surface area contributed by atoms with Gasteiger partial charge in [-0.1, -0.05) is 0 Å². The van der Waals surface area contributed by atoms with Gasteiger partial charge in [0.05, 0.1) is 25.9 Å². The zero-order valence-corrected chi connectivity index (χ0v) is 34.7. The number of phosphoric ester groups is 1. The molecule has 340 valence electrons. The van der Waals surface area contributed by atoms with E-state index >= 15 is 0 Å². The monoisotopic (exact) mass is 996 g/mol. The summed E-state index contributed by atoms with van der Waals surface area (Å²) in [7, 11) is -38.5. The molecule has 2 saturated heterocycles. The molecule has 41 heteroatoms. The number of nitrogens with two attached hydrogens (primary N) is 2. The van der Waals surface area contributed by atoms with Gasteiger partial charge in [-0.3, -0.25) is 18.2 Å². The third kappa shape index (κ3) is 11.2. The van der Waals surface area contributed by atoms with E-state index in [1.807, 2.05) is 0 Å². The van der Waals surface area contributed by atoms with Crippen LogP contribution >= 0.6 is 46.9 Å². The number of aromatic nitrogens is 8. The highest BCUT2D eigenvalue weighted by atomic mass is 31.3. The minimum absolute atomic E-state index is 0.0258. The zero-order valence-electron chi connectivity index (χ0n) is 29.4. The lowest BCUT2D eigenvalue weighted by Gasteiger charge is -2.26. The summed E-state index contributed by atoms with van der Waals surface area (Å²) in [5, 5.41) is 43.3. The molecule has 0 saturated carbocycles. The molecule has 35 nitrogen and oxygen atoms in total. The Kier molecular flexibility index (Phi) is 13.6. The first-order valence-corrected chi connectivity index (χ1v) is 24.8. The Morgan fingerprint density at radius 3 is 1.36 bits per heavy atom. The van der Waals surface area contributed by atoms with E-state index in [4.69, 9.17) is 39.8 Å². The molecule has 11 atom stereocenters. The van der Waals surface area contributed by atoms with Gasteiger partial charge in [-0.2, -0.15) is 21.6 Å². The lowest BCUT2D eigenvalue weighted by Crippen LogP contribution is -2.34. The summed E-state index contributed by atoms with van der Waals surface area (Å²) >= 11 is 0. The third-order valence-electron chi connectivity index (χ3n) is 7.82. The normalized spacial score (nSPS) is 29.0. The summed E-state index contributed by atoms with van der Waals surface area (Å²) in [5.41, 5.74) is 11.5. The molecule has 2 aliphatic heterocycles. The zero-order chi connectivity index (χ0) is 45.1. The first-order chi connectivity index (χ1) is 28.1. The van der Waals surface area contributed by atoms with E-state index < -0.39 is 109 Å². The molecule has 0 spiro atoms. The van der Waals surface area contributed by atoms with Gasteiger partial charge in [0.2, 0.25) is 0 Å². The van der Waals surface area contributed by atoms with E-state index in [1.165, 1.54) is 0 Å². The number of phosphoric acid groups is 6. The van der Waals surface area contributed by atoms with E-state index in [0.29, 0.717) is 0 Å². The number of nitrogen functional groups attached to an aromatic ring is 2. The second-order valence-electron chi connectivity index (χ2n) is 12.1. The van der Waals surface area contributed by atoms with E-state index in [0.717, 1.165) is 34.4 Å². The number of ether oxygens (including phenoxy) is 2. The van der Waals surface area contributed by atoms with Crippen LogP contribution in [0.4, 0.5) is 11.6 Å². The van der Waals surface area contributed by atoms with Crippen LogP contribution in [-0.2, 0) is 67.5 Å². The van der Waals surface area contributed by atoms with Crippen molar-refractivity contribution in [3.05, 3.63) is 25.3 Å². The molecule has 4 aromatic rings. The van der Waals surface area contributed by atoms with Crippen LogP contribution in [0.1, 0.15) is 12.5 Å². The van der Waals surface area contributed by atoms with E-state index in [9.17, 15) is 67.4 Å². The molecule has 4 aromatic heterocycles. The van der Waals surface area contributed by atoms with Crippen molar-refractivity contribution in [3.8, 4) is 0 Å². The fourth-order valence-corrected chi connectivity index (χ4v) is 13.6. The molecule has 2 aliphatic rings. The van der Waals surface area contributed by atoms with E-state index in [1.54, 1.807) is 0 Å². The fourth-order valence-electron chi connectivity index (χ4n) is 5.44. The quantitative estimate of drug-likeness (QED) is 0.0470. The molecule has 0 aliphatic carbocycles. The Morgan fingerprint density at radius 2 is 0.951 bits per heavy atom. The van der Waals surface area contributed by atoms with Crippen molar-refractivity contribution in [3.63, 3.8) is 0 Å². The maximum Gasteiger partial charge on any atom is 0.501 e. The molecule has 6 heterocycles. The van der Waals surface area contributed by atoms with Gasteiger partial charge < -0.3 is 70.7 Å². The smallest absolute Gasteiger partial charge is 0.387 e. The topological polar surface area (TPSA) is 527 Å². The molecule has 0 amide bonds. The number of aliphatic hydroxyl groups is 4. The van der Waals surface area contributed by atoms with Crippen LogP contribution in [0.15, 0.2) is 25.3 Å². The molecule has 14 N–H and O–H groups in total. The SMILES string of the molecule is Nc1ncnc2c1ncn2[C@@H]1O[C@H](COP(=O)(OC[C@H]2O[C@@H](n3cnc4c(N)ncnc43)[C@H](O)[C@@H]2O)OP(=O)(OP(=O)(O)O)OP(=O)(O)OP(=O)(O)OP(=O)(O)O)[C@@H](O)[C@H]1O. The second kappa shape index (κ2) is 17.4. The Hall–Kier alpha value is -2.68. The molecule has 0 radical (unpaired) electrons. The number of rotatable bonds is 18. The van der Waals surface area contributed by atoms with Crippen LogP contribution in [0.3, 0.4) is 0 Å². The maximum absolute atomic E-state index is 14.2. The van der Waals surface area contributed by atoms with Gasteiger partial charge in [-0.25, -0.2) is 57.3 Å². The van der Waals surface area contributed by atoms with Crippen molar-refractivity contribution in [1.82, 2.24) is 39.0 Å². The summed E-state index contributed by atoms with van der Waals surface area (Å²) in [5.74, 6) is -0.200. The van der Waals surface area contributed by atoms with Crippen LogP contribution in [0.2, 0.25) is 0 Å². The van der Waals surface area contributed by atoms with Crippen LogP contribution in [0.5, 0.6) is 0 Å². The summed E-state index contributed by atoms with van der Waals surface area (Å²) < 4.78 is 118. The lowest BCUT2D eigenvalue weighted by molar-refractivity contribution is -0.0606. The van der Waals surface area contributed by atoms with Gasteiger partial charge in [0.15, 0.2) is 35.4 Å². The molecule has 61 heavy (non-hydrogen) atoms. The number of aliphatic hydroxyl groups excluding tert-OH is 4. The maximum atomic E-state index is 14.2. The van der Waals surface area contributed by atoms with Crippen molar-refractivity contribution >= 4 is 80.9 Å². The van der Waals surface area contributed by atoms with Gasteiger partial charge in [-0.15, -0.1) is 0 Å². The number of fused-ring (bicyclic) bond motifs is 2. The Balaban J connectivity index is 1.28. The Morgan fingerprint density at radius 1 is 0.541 bits per heavy atom. The minimum atomic E-state index is -6.84. The average Bonchev–Trinajstić information content (AvgIpc) is 3.86. The van der Waals surface area contributed by atoms with Gasteiger partial charge in [0.1, 0.15) is 60.3 Å². The molecule has 3 unspecified atom stereocenters. The number of nitrogens with zero attached hydrogens (tertiary/aromatic N) is 8. The van der Waals surface area contributed by atoms with Gasteiger partial charge >= 0.3 is 46.9 Å². The lowest BCUT2D eigenvalue weighted by atomic mass is 10.1. The molecule has 0 bridgehead atoms. The number of anilines is 2. The first-order valence-electron chi connectivity index (χ1n) is 15.8. The van der Waals surface area contributed by atoms with Crippen molar-refractivity contribution in [1.29, 1.82) is 0 Å². The number of hydrogen-bond acceptors (Lipinski definition) is 27. The second-order valence-corrected chi connectivity index (χ2v) is 21.5. The van der Waals surface area contributed by atoms with Crippen molar-refractivity contribution < 1.29 is 117 Å². The molecule has 2 fully saturated rings. The standard InChI is InChI=1S/C20H30N10O25P6/c21-15-9-17(25-3-23-15)29(5-27-9)19-13(33)11(31)7(49-19)1-47-60(45,55-61(46,52-57(38,39)40)54-59(43,44)53-58(41,42)51-56(35,36)37)48-2-8-12(32)14(34)20(50-8)30-6-28-10-16(22)24-4-26-18(10)30/h3-8,11-14,19-20,31-34H,1-2H2,(H,41,42)(H,43,44)(H2,21,23,25)(H2,22,24,26)(H2,35,36,37)(H2,38,39,40)/t7-,8-,11-,12-,13-,14-,19-,20-,61?/m1/s1. The highest BCUT2D eigenvalue weighted by Gasteiger charge is 2.55. The van der Waals surface area contributed by atoms with Crippen LogP contribution in [0, 0.1) is 0 Å². The summed E-state index contributed by atoms with van der Waals surface area (Å²) in [6.45, 7) is -2.66. The van der Waals surface area contributed by atoms with Crippen LogP contribution in [0.25, 0.3) is 22.3 Å². The van der Waals surface area contributed by atoms with Gasteiger partial charge in [0.25, 0.3) is 0 Å². The van der Waals surface area contributed by atoms with Crippen LogP contribution < -0.4 is 11.5 Å². The Labute approximate surface area is 336 Å². The van der Waals surface area contributed by atoms with Crippen molar-refractivity contribution in [2.75, 3.05) is 24.7 Å². The highest BCUT2D eigenvalue weighted by molar-refractivity contribution is 7.74. The summed E-state index contributed by atoms with van der Waals surface area (Å²) in [6.07, 6.45) is -10.5. The molecule has 0 aromatic carbocycles. The largest absolute Gasteiger partial charge is 0.501 e. The van der Waals surface area contributed by atoms with Gasteiger partial charge in [-0.05, 0) is 0 Å². The molecular weight excluding hydrogens is 966 g/mol. The van der Waals surface area contributed by atoms with Crippen molar-refractivity contribution in [2.45, 2.75) is 49.1 Å². The summed E-state index contributed by atoms with van der Waals surface area (Å²) in [4.78, 5) is 79.3. The number of imidazole rings is 2. The van der Waals surface area contributed by atoms with E-state index in [2.05, 4.69) is 51.5 Å². The van der Waals surface area contributed by atoms with E-state index in [-0.39, 0.29) is 34.0 Å². The Bertz CT molecular complexity index is 2460. The predicted molar refractivity (Wildman–Crippen MR) is 188 cm³/mol. The minimum Gasteiger partial charge on any atom is -0.387 e. The number of hydrogen-bond donors (Lipinski definition) is 12. The molecule has 6 rings (SSSR count). The van der Waals surface area contributed by atoms with Crippen molar-refractivity contribution in [2.24, 2.45) is 0 Å². The highest BCUT2D eigenvalue weighted by Crippen LogP contribution is 2.78. The summed E-state index contributed by atoms with van der Waals surface area (Å²) in [6, 6.07) is 0. The predicted octanol–water partition coefficient (Wildman–Crippen LogP) is -2.21. The first kappa shape index (κ1) is 47.8. The van der Waals surface area contributed by atoms with Gasteiger partial charge in [0, 0.05) is 0 Å². The van der Waals surface area contributed by atoms with Crippen LogP contribution in [-0.4, -0.2) is 139 Å². The average molecular weight is 996 g/mol. The third-order valence-corrected chi connectivity index (χ3v) is 17.0. The fraction of sp³-hybridized carbons (Fsp3) is 0.500.